The molecule has 26 heavy (non-hydrogen) atoms. The Bertz CT molecular complexity index is 609. The standard InChI is InChI=1S/C18H26BrNO6/c1-8-24-13(21)18(11-12(18)9-10-19)20(14(22)25-16(2,3)4)15(23)26-17(5,6)7/h12H,8,11H2,1-7H3/t12-,18-/m1/s1. The Labute approximate surface area is 162 Å². The van der Waals surface area contributed by atoms with Crippen LogP contribution in [0.5, 0.6) is 0 Å². The fraction of sp³-hybridized carbons (Fsp3) is 0.722. The quantitative estimate of drug-likeness (QED) is 0.383. The predicted octanol–water partition coefficient (Wildman–Crippen LogP) is 3.84. The second-order valence-corrected chi connectivity index (χ2v) is 8.33. The largest absolute Gasteiger partial charge is 0.464 e. The Morgan fingerprint density at radius 2 is 1.54 bits per heavy atom. The topological polar surface area (TPSA) is 82.1 Å². The summed E-state index contributed by atoms with van der Waals surface area (Å²) in [6.45, 7) is 11.7. The molecule has 0 aromatic heterocycles. The van der Waals surface area contributed by atoms with E-state index in [1.54, 1.807) is 48.5 Å². The molecular weight excluding hydrogens is 406 g/mol. The summed E-state index contributed by atoms with van der Waals surface area (Å²) in [5, 5.41) is 0. The zero-order valence-corrected chi connectivity index (χ0v) is 17.9. The molecule has 146 valence electrons. The molecule has 2 atom stereocenters. The molecule has 0 aromatic carbocycles. The molecule has 8 heteroatoms. The first-order chi connectivity index (χ1) is 11.8. The summed E-state index contributed by atoms with van der Waals surface area (Å²) in [5.41, 5.74) is -3.28. The van der Waals surface area contributed by atoms with E-state index < -0.39 is 40.8 Å². The van der Waals surface area contributed by atoms with E-state index in [9.17, 15) is 14.4 Å². The van der Waals surface area contributed by atoms with Crippen molar-refractivity contribution < 1.29 is 28.6 Å². The third-order valence-corrected chi connectivity index (χ3v) is 3.57. The van der Waals surface area contributed by atoms with Gasteiger partial charge in [-0.05, 0) is 53.3 Å². The van der Waals surface area contributed by atoms with E-state index in [4.69, 9.17) is 14.2 Å². The zero-order chi connectivity index (χ0) is 20.3. The van der Waals surface area contributed by atoms with Crippen LogP contribution >= 0.6 is 15.9 Å². The van der Waals surface area contributed by atoms with Crippen LogP contribution in [0.25, 0.3) is 0 Å². The lowest BCUT2D eigenvalue weighted by molar-refractivity contribution is -0.151. The molecule has 1 rings (SSSR count). The average Bonchev–Trinajstić information content (AvgIpc) is 3.10. The van der Waals surface area contributed by atoms with Gasteiger partial charge in [0.1, 0.15) is 11.2 Å². The van der Waals surface area contributed by atoms with Gasteiger partial charge in [-0.25, -0.2) is 14.4 Å². The third kappa shape index (κ3) is 5.37. The number of imide groups is 1. The number of nitrogens with zero attached hydrogens (tertiary/aromatic N) is 1. The van der Waals surface area contributed by atoms with Gasteiger partial charge in [0.25, 0.3) is 0 Å². The highest BCUT2D eigenvalue weighted by Crippen LogP contribution is 2.50. The van der Waals surface area contributed by atoms with Crippen molar-refractivity contribution in [2.45, 2.75) is 71.6 Å². The average molecular weight is 432 g/mol. The Hall–Kier alpha value is -1.75. The molecule has 0 aromatic rings. The first-order valence-electron chi connectivity index (χ1n) is 8.33. The highest BCUT2D eigenvalue weighted by molar-refractivity contribution is 9.12. The highest BCUT2D eigenvalue weighted by atomic mass is 79.9. The summed E-state index contributed by atoms with van der Waals surface area (Å²) in [7, 11) is 0. The van der Waals surface area contributed by atoms with Crippen LogP contribution in [-0.2, 0) is 19.0 Å². The molecular formula is C18H26BrNO6. The van der Waals surface area contributed by atoms with Crippen LogP contribution in [0.2, 0.25) is 0 Å². The van der Waals surface area contributed by atoms with Gasteiger partial charge < -0.3 is 14.2 Å². The summed E-state index contributed by atoms with van der Waals surface area (Å²) < 4.78 is 15.8. The molecule has 0 spiro atoms. The van der Waals surface area contributed by atoms with Crippen molar-refractivity contribution in [3.8, 4) is 10.8 Å². The van der Waals surface area contributed by atoms with E-state index in [2.05, 4.69) is 26.7 Å². The summed E-state index contributed by atoms with van der Waals surface area (Å²) in [4.78, 5) is 41.4. The fourth-order valence-electron chi connectivity index (χ4n) is 2.32. The van der Waals surface area contributed by atoms with Crippen molar-refractivity contribution in [1.29, 1.82) is 0 Å². The number of hydrogen-bond donors (Lipinski definition) is 0. The van der Waals surface area contributed by atoms with Gasteiger partial charge in [-0.15, -0.1) is 0 Å². The van der Waals surface area contributed by atoms with Crippen LogP contribution in [0, 0.1) is 16.7 Å². The first kappa shape index (κ1) is 22.3. The maximum atomic E-state index is 12.8. The van der Waals surface area contributed by atoms with E-state index in [1.165, 1.54) is 0 Å². The number of hydrogen-bond acceptors (Lipinski definition) is 6. The van der Waals surface area contributed by atoms with Crippen molar-refractivity contribution in [2.75, 3.05) is 6.61 Å². The minimum atomic E-state index is -1.55. The number of amides is 2. The maximum absolute atomic E-state index is 12.8. The molecule has 1 saturated carbocycles. The van der Waals surface area contributed by atoms with E-state index >= 15 is 0 Å². The van der Waals surface area contributed by atoms with Crippen LogP contribution < -0.4 is 0 Å². The third-order valence-electron chi connectivity index (χ3n) is 3.34. The molecule has 0 bridgehead atoms. The molecule has 7 nitrogen and oxygen atoms in total. The van der Waals surface area contributed by atoms with Gasteiger partial charge in [-0.3, -0.25) is 0 Å². The van der Waals surface area contributed by atoms with Crippen LogP contribution in [0.15, 0.2) is 0 Å². The van der Waals surface area contributed by atoms with Crippen molar-refractivity contribution >= 4 is 34.1 Å². The van der Waals surface area contributed by atoms with Gasteiger partial charge in [0.05, 0.1) is 12.5 Å². The van der Waals surface area contributed by atoms with E-state index in [-0.39, 0.29) is 13.0 Å². The van der Waals surface area contributed by atoms with E-state index in [0.717, 1.165) is 0 Å². The summed E-state index contributed by atoms with van der Waals surface area (Å²) >= 11 is 2.99. The highest BCUT2D eigenvalue weighted by Gasteiger charge is 2.69. The van der Waals surface area contributed by atoms with E-state index in [1.807, 2.05) is 0 Å². The lowest BCUT2D eigenvalue weighted by atomic mass is 10.1. The Morgan fingerprint density at radius 3 is 1.88 bits per heavy atom. The van der Waals surface area contributed by atoms with Gasteiger partial charge in [0.15, 0.2) is 5.54 Å². The van der Waals surface area contributed by atoms with Gasteiger partial charge in [0.2, 0.25) is 0 Å². The summed E-state index contributed by atoms with van der Waals surface area (Å²) in [5.74, 6) is 1.49. The number of carbonyl (C=O) groups is 3. The van der Waals surface area contributed by atoms with Crippen LogP contribution in [0.3, 0.4) is 0 Å². The number of esters is 1. The van der Waals surface area contributed by atoms with Crippen molar-refractivity contribution in [2.24, 2.45) is 5.92 Å². The molecule has 0 saturated heterocycles. The molecule has 0 N–H and O–H groups in total. The predicted molar refractivity (Wildman–Crippen MR) is 98.5 cm³/mol. The van der Waals surface area contributed by atoms with Gasteiger partial charge in [-0.1, -0.05) is 5.92 Å². The fourth-order valence-corrected chi connectivity index (χ4v) is 2.60. The first-order valence-corrected chi connectivity index (χ1v) is 9.12. The number of carbonyl (C=O) groups excluding carboxylic acids is 3. The zero-order valence-electron chi connectivity index (χ0n) is 16.3. The molecule has 1 fully saturated rings. The van der Waals surface area contributed by atoms with Crippen LogP contribution in [0.4, 0.5) is 9.59 Å². The van der Waals surface area contributed by atoms with Crippen LogP contribution in [0.1, 0.15) is 54.9 Å². The minimum absolute atomic E-state index is 0.103. The summed E-state index contributed by atoms with van der Waals surface area (Å²) in [6, 6.07) is 0. The van der Waals surface area contributed by atoms with Gasteiger partial charge in [0, 0.05) is 22.4 Å². The summed E-state index contributed by atoms with van der Waals surface area (Å²) in [6.07, 6.45) is -1.79. The number of rotatable bonds is 3. The van der Waals surface area contributed by atoms with Crippen molar-refractivity contribution in [1.82, 2.24) is 4.90 Å². The molecule has 1 aliphatic rings. The molecule has 1 aliphatic carbocycles. The van der Waals surface area contributed by atoms with Gasteiger partial charge >= 0.3 is 18.2 Å². The lowest BCUT2D eigenvalue weighted by Crippen LogP contribution is -2.55. The van der Waals surface area contributed by atoms with Crippen molar-refractivity contribution in [3.05, 3.63) is 0 Å². The van der Waals surface area contributed by atoms with Gasteiger partial charge in [-0.2, -0.15) is 4.90 Å². The lowest BCUT2D eigenvalue weighted by Gasteiger charge is -2.32. The molecule has 2 amide bonds. The maximum Gasteiger partial charge on any atom is 0.420 e. The normalized spacial score (nSPS) is 21.8. The van der Waals surface area contributed by atoms with Crippen molar-refractivity contribution in [3.63, 3.8) is 0 Å². The molecule has 0 unspecified atom stereocenters. The second kappa shape index (κ2) is 7.87. The second-order valence-electron chi connectivity index (χ2n) is 7.94. The Morgan fingerprint density at radius 1 is 1.08 bits per heavy atom. The smallest absolute Gasteiger partial charge is 0.420 e. The van der Waals surface area contributed by atoms with Crippen LogP contribution in [-0.4, -0.2) is 46.4 Å². The number of halogens is 1. The SMILES string of the molecule is CCOC(=O)[C@@]1(N(C(=O)OC(C)(C)C)C(=O)OC(C)(C)C)C[C@H]1C#CBr. The monoisotopic (exact) mass is 431 g/mol. The molecule has 0 heterocycles. The molecule has 0 aliphatic heterocycles. The number of ether oxygens (including phenoxy) is 3. The molecule has 0 radical (unpaired) electrons. The Balaban J connectivity index is 3.35. The minimum Gasteiger partial charge on any atom is -0.464 e. The Kier molecular flexibility index (Phi) is 6.74. The van der Waals surface area contributed by atoms with E-state index in [0.29, 0.717) is 4.90 Å².